The van der Waals surface area contributed by atoms with Crippen LogP contribution in [0.1, 0.15) is 38.4 Å². The number of hydrogen-bond donors (Lipinski definition) is 1. The summed E-state index contributed by atoms with van der Waals surface area (Å²) in [5.41, 5.74) is 0. The third-order valence-electron chi connectivity index (χ3n) is 2.38. The number of nitrogens with zero attached hydrogens (tertiary/aromatic N) is 2. The summed E-state index contributed by atoms with van der Waals surface area (Å²) in [6.45, 7) is 4.49. The van der Waals surface area contributed by atoms with Gasteiger partial charge in [0.1, 0.15) is 19.0 Å². The molecule has 0 amide bonds. The number of aryl methyl sites for hydroxylation is 1. The zero-order chi connectivity index (χ0) is 11.6. The average Bonchev–Trinajstić information content (AvgIpc) is 2.73. The Kier molecular flexibility index (Phi) is 6.28. The third kappa shape index (κ3) is 4.45. The van der Waals surface area contributed by atoms with Gasteiger partial charge in [-0.15, -0.1) is 0 Å². The molecule has 1 heterocycles. The smallest absolute Gasteiger partial charge is 0.280 e. The maximum Gasteiger partial charge on any atom is 0.280 e. The van der Waals surface area contributed by atoms with Crippen molar-refractivity contribution < 1.29 is 9.30 Å². The van der Waals surface area contributed by atoms with Crippen molar-refractivity contribution in [2.75, 3.05) is 6.61 Å². The highest BCUT2D eigenvalue weighted by Crippen LogP contribution is 1.96. The molecule has 1 N–H and O–H groups in total. The van der Waals surface area contributed by atoms with E-state index < -0.39 is 0 Å². The summed E-state index contributed by atoms with van der Waals surface area (Å²) in [6, 6.07) is 2.16. The number of ether oxygens (including phenoxy) is 1. The molecule has 4 nitrogen and oxygen atoms in total. The lowest BCUT2D eigenvalue weighted by atomic mass is 10.2. The zero-order valence-corrected chi connectivity index (χ0v) is 9.91. The first-order chi connectivity index (χ1) is 7.88. The lowest BCUT2D eigenvalue weighted by Gasteiger charge is -2.01. The molecule has 0 aliphatic rings. The molecule has 16 heavy (non-hydrogen) atoms. The second kappa shape index (κ2) is 7.89. The molecule has 1 aromatic heterocycles. The van der Waals surface area contributed by atoms with Gasteiger partial charge in [-0.05, 0) is 19.3 Å². The summed E-state index contributed by atoms with van der Waals surface area (Å²) in [5, 5.41) is 8.44. The highest BCUT2D eigenvalue weighted by molar-refractivity contribution is 4.74. The van der Waals surface area contributed by atoms with Gasteiger partial charge < -0.3 is 4.74 Å². The van der Waals surface area contributed by atoms with E-state index in [2.05, 4.69) is 22.5 Å². The van der Waals surface area contributed by atoms with Crippen molar-refractivity contribution in [3.63, 3.8) is 0 Å². The minimum atomic E-state index is 0.638. The fraction of sp³-hybridized carbons (Fsp3) is 0.667. The lowest BCUT2D eigenvalue weighted by Crippen LogP contribution is -2.36. The maximum atomic E-state index is 8.44. The maximum absolute atomic E-state index is 8.44. The van der Waals surface area contributed by atoms with Gasteiger partial charge in [-0.25, -0.2) is 9.55 Å². The molecule has 0 fully saturated rings. The molecular formula is C12H20N3O+. The largest absolute Gasteiger partial charge is 0.369 e. The molecule has 88 valence electrons. The molecule has 0 saturated heterocycles. The van der Waals surface area contributed by atoms with E-state index in [-0.39, 0.29) is 0 Å². The minimum Gasteiger partial charge on any atom is -0.369 e. The highest BCUT2D eigenvalue weighted by Gasteiger charge is 2.09. The van der Waals surface area contributed by atoms with E-state index in [1.165, 1.54) is 0 Å². The first kappa shape index (κ1) is 12.7. The quantitative estimate of drug-likeness (QED) is 0.539. The molecule has 0 saturated carbocycles. The molecule has 1 aromatic rings. The van der Waals surface area contributed by atoms with Crippen LogP contribution in [0.25, 0.3) is 0 Å². The number of hydrogen-bond acceptors (Lipinski definition) is 2. The number of aromatic amines is 1. The fourth-order valence-corrected chi connectivity index (χ4v) is 1.53. The summed E-state index contributed by atoms with van der Waals surface area (Å²) in [6.07, 6.45) is 7.64. The van der Waals surface area contributed by atoms with Crippen LogP contribution in [-0.2, 0) is 17.9 Å². The Morgan fingerprint density at radius 3 is 3.12 bits per heavy atom. The van der Waals surface area contributed by atoms with E-state index in [1.807, 2.05) is 12.4 Å². The van der Waals surface area contributed by atoms with E-state index in [9.17, 15) is 0 Å². The van der Waals surface area contributed by atoms with Crippen molar-refractivity contribution >= 4 is 0 Å². The lowest BCUT2D eigenvalue weighted by molar-refractivity contribution is -0.705. The van der Waals surface area contributed by atoms with Gasteiger partial charge in [0.2, 0.25) is 0 Å². The van der Waals surface area contributed by atoms with Crippen molar-refractivity contribution in [2.45, 2.75) is 45.8 Å². The van der Waals surface area contributed by atoms with Crippen LogP contribution < -0.4 is 4.57 Å². The second-order valence-corrected chi connectivity index (χ2v) is 3.77. The van der Waals surface area contributed by atoms with Gasteiger partial charge in [-0.1, -0.05) is 6.92 Å². The molecule has 4 heteroatoms. The minimum absolute atomic E-state index is 0.638. The van der Waals surface area contributed by atoms with Crippen LogP contribution in [0.2, 0.25) is 0 Å². The Bertz CT molecular complexity index is 327. The van der Waals surface area contributed by atoms with Gasteiger partial charge in [0, 0.05) is 13.0 Å². The van der Waals surface area contributed by atoms with Crippen LogP contribution in [0.15, 0.2) is 12.4 Å². The third-order valence-corrected chi connectivity index (χ3v) is 2.38. The van der Waals surface area contributed by atoms with Crippen molar-refractivity contribution in [3.8, 4) is 6.07 Å². The van der Waals surface area contributed by atoms with Crippen LogP contribution in [0.4, 0.5) is 0 Å². The Hall–Kier alpha value is -1.34. The number of imidazole rings is 1. The van der Waals surface area contributed by atoms with Crippen LogP contribution in [0.5, 0.6) is 0 Å². The van der Waals surface area contributed by atoms with Crippen molar-refractivity contribution in [3.05, 3.63) is 18.2 Å². The van der Waals surface area contributed by atoms with Gasteiger partial charge in [0.25, 0.3) is 5.82 Å². The molecule has 0 radical (unpaired) electrons. The highest BCUT2D eigenvalue weighted by atomic mass is 16.5. The number of aromatic nitrogens is 2. The van der Waals surface area contributed by atoms with Gasteiger partial charge in [0.15, 0.2) is 0 Å². The number of H-pyrrole nitrogens is 1. The molecule has 0 aliphatic carbocycles. The summed E-state index contributed by atoms with van der Waals surface area (Å²) in [7, 11) is 0. The van der Waals surface area contributed by atoms with E-state index in [4.69, 9.17) is 10.00 Å². The molecule has 1 rings (SSSR count). The first-order valence-corrected chi connectivity index (χ1v) is 5.89. The Balaban J connectivity index is 2.29. The summed E-state index contributed by atoms with van der Waals surface area (Å²) >= 11 is 0. The molecular weight excluding hydrogens is 202 g/mol. The molecule has 0 spiro atoms. The molecule has 0 unspecified atom stereocenters. The van der Waals surface area contributed by atoms with Crippen LogP contribution in [0.3, 0.4) is 0 Å². The molecule has 0 aromatic carbocycles. The summed E-state index contributed by atoms with van der Waals surface area (Å²) in [4.78, 5) is 3.18. The monoisotopic (exact) mass is 222 g/mol. The van der Waals surface area contributed by atoms with E-state index in [1.54, 1.807) is 0 Å². The van der Waals surface area contributed by atoms with E-state index in [0.717, 1.165) is 38.2 Å². The van der Waals surface area contributed by atoms with E-state index >= 15 is 0 Å². The summed E-state index contributed by atoms with van der Waals surface area (Å²) < 4.78 is 7.65. The standard InChI is InChI=1S/C12H19N3O/c1-2-10-16-11-12-14-7-9-15(12)8-5-3-4-6-13/h7,9H,2-5,8,10-11H2,1H3/p+1. The van der Waals surface area contributed by atoms with Crippen molar-refractivity contribution in [2.24, 2.45) is 0 Å². The number of rotatable bonds is 8. The summed E-state index contributed by atoms with van der Waals surface area (Å²) in [5.74, 6) is 1.10. The van der Waals surface area contributed by atoms with Gasteiger partial charge in [0.05, 0.1) is 12.6 Å². The second-order valence-electron chi connectivity index (χ2n) is 3.77. The Labute approximate surface area is 96.9 Å². The molecule has 0 atom stereocenters. The Morgan fingerprint density at radius 2 is 2.38 bits per heavy atom. The Morgan fingerprint density at radius 1 is 1.50 bits per heavy atom. The predicted octanol–water partition coefficient (Wildman–Crippen LogP) is 1.92. The first-order valence-electron chi connectivity index (χ1n) is 5.89. The van der Waals surface area contributed by atoms with E-state index in [0.29, 0.717) is 13.0 Å². The zero-order valence-electron chi connectivity index (χ0n) is 9.91. The van der Waals surface area contributed by atoms with Crippen molar-refractivity contribution in [1.82, 2.24) is 4.98 Å². The van der Waals surface area contributed by atoms with Gasteiger partial charge in [-0.2, -0.15) is 5.26 Å². The van der Waals surface area contributed by atoms with Crippen molar-refractivity contribution in [1.29, 1.82) is 5.26 Å². The topological polar surface area (TPSA) is 52.7 Å². The van der Waals surface area contributed by atoms with Crippen LogP contribution in [0, 0.1) is 11.3 Å². The van der Waals surface area contributed by atoms with Gasteiger partial charge in [-0.3, -0.25) is 0 Å². The average molecular weight is 222 g/mol. The fourth-order valence-electron chi connectivity index (χ4n) is 1.53. The molecule has 0 aliphatic heterocycles. The number of nitriles is 1. The van der Waals surface area contributed by atoms with Crippen LogP contribution in [-0.4, -0.2) is 11.6 Å². The molecule has 0 bridgehead atoms. The SMILES string of the molecule is CCCOCc1[nH]cc[n+]1CCCCC#N. The normalized spacial score (nSPS) is 10.2. The van der Waals surface area contributed by atoms with Crippen LogP contribution >= 0.6 is 0 Å². The number of nitrogens with one attached hydrogen (secondary N) is 1. The number of unbranched alkanes of at least 4 members (excludes halogenated alkanes) is 2. The van der Waals surface area contributed by atoms with Gasteiger partial charge >= 0.3 is 0 Å². The predicted molar refractivity (Wildman–Crippen MR) is 60.4 cm³/mol.